The Bertz CT molecular complexity index is 1150. The summed E-state index contributed by atoms with van der Waals surface area (Å²) in [5.41, 5.74) is 0. The van der Waals surface area contributed by atoms with E-state index in [0.717, 1.165) is 0 Å². The fraction of sp³-hybridized carbons (Fsp3) is 0.417. The molecule has 0 aliphatic rings. The minimum absolute atomic E-state index is 0.0396. The molecule has 0 unspecified atom stereocenters. The van der Waals surface area contributed by atoms with Gasteiger partial charge in [-0.15, -0.1) is 0 Å². The number of benzene rings is 2. The molecule has 36 heavy (non-hydrogen) atoms. The summed E-state index contributed by atoms with van der Waals surface area (Å²) in [6, 6.07) is 10.2. The zero-order valence-electron chi connectivity index (χ0n) is 20.0. The average molecular weight is 579 g/mol. The fourth-order valence-corrected chi connectivity index (χ4v) is 5.24. The minimum atomic E-state index is -3.78. The third-order valence-electron chi connectivity index (χ3n) is 4.93. The lowest BCUT2D eigenvalue weighted by Gasteiger charge is -2.20. The van der Waals surface area contributed by atoms with Crippen molar-refractivity contribution < 1.29 is 22.7 Å². The van der Waals surface area contributed by atoms with E-state index >= 15 is 0 Å². The zero-order chi connectivity index (χ0) is 26.7. The predicted molar refractivity (Wildman–Crippen MR) is 142 cm³/mol. The van der Waals surface area contributed by atoms with Crippen LogP contribution in [0, 0.1) is 5.92 Å². The molecule has 0 heterocycles. The van der Waals surface area contributed by atoms with E-state index in [1.165, 1.54) is 18.2 Å². The molecule has 2 rings (SSSR count). The molecule has 0 aliphatic heterocycles. The van der Waals surface area contributed by atoms with Crippen molar-refractivity contribution in [1.82, 2.24) is 15.4 Å². The Hall–Kier alpha value is -2.04. The van der Waals surface area contributed by atoms with Gasteiger partial charge in [-0.3, -0.25) is 9.59 Å². The third kappa shape index (κ3) is 10.1. The van der Waals surface area contributed by atoms with Gasteiger partial charge in [-0.2, -0.15) is 0 Å². The molecule has 0 aliphatic carbocycles. The maximum absolute atomic E-state index is 12.7. The Morgan fingerprint density at radius 1 is 0.972 bits per heavy atom. The number of nitrogens with one attached hydrogen (secondary N) is 3. The van der Waals surface area contributed by atoms with Crippen molar-refractivity contribution in [3.63, 3.8) is 0 Å². The molecule has 2 aromatic carbocycles. The first kappa shape index (κ1) is 30.2. The van der Waals surface area contributed by atoms with E-state index in [2.05, 4.69) is 15.4 Å². The molecule has 8 nitrogen and oxygen atoms in total. The highest BCUT2D eigenvalue weighted by Crippen LogP contribution is 2.25. The number of carbonyl (C=O) groups excluding carboxylic acids is 2. The van der Waals surface area contributed by atoms with Gasteiger partial charge in [0.15, 0.2) is 6.61 Å². The van der Waals surface area contributed by atoms with E-state index in [1.807, 2.05) is 13.8 Å². The maximum Gasteiger partial charge on any atom is 0.258 e. The number of carbonyl (C=O) groups is 2. The van der Waals surface area contributed by atoms with Gasteiger partial charge < -0.3 is 15.4 Å². The van der Waals surface area contributed by atoms with Gasteiger partial charge in [-0.1, -0.05) is 60.8 Å². The fourth-order valence-electron chi connectivity index (χ4n) is 3.21. The van der Waals surface area contributed by atoms with Crippen molar-refractivity contribution in [3.8, 4) is 5.75 Å². The molecule has 12 heteroatoms. The molecule has 2 aromatic rings. The van der Waals surface area contributed by atoms with E-state index in [0.29, 0.717) is 41.6 Å². The largest absolute Gasteiger partial charge is 0.482 e. The lowest BCUT2D eigenvalue weighted by molar-refractivity contribution is -0.130. The second kappa shape index (κ2) is 14.6. The average Bonchev–Trinajstić information content (AvgIpc) is 2.79. The van der Waals surface area contributed by atoms with E-state index in [-0.39, 0.29) is 34.9 Å². The highest BCUT2D eigenvalue weighted by Gasteiger charge is 2.22. The number of unbranched alkanes of at least 4 members (excludes halogenated alkanes) is 1. The van der Waals surface area contributed by atoms with Crippen LogP contribution in [0.5, 0.6) is 5.75 Å². The Morgan fingerprint density at radius 2 is 1.67 bits per heavy atom. The highest BCUT2D eigenvalue weighted by molar-refractivity contribution is 7.89. The van der Waals surface area contributed by atoms with Crippen LogP contribution in [-0.2, 0) is 19.6 Å². The quantitative estimate of drug-likeness (QED) is 0.287. The molecule has 3 N–H and O–H groups in total. The van der Waals surface area contributed by atoms with E-state index < -0.39 is 22.0 Å². The molecule has 0 spiro atoms. The number of halogens is 3. The number of rotatable bonds is 14. The normalized spacial score (nSPS) is 12.3. The summed E-state index contributed by atoms with van der Waals surface area (Å²) in [5.74, 6) is -0.206. The number of hydrogen-bond acceptors (Lipinski definition) is 5. The van der Waals surface area contributed by atoms with Crippen LogP contribution in [0.25, 0.3) is 0 Å². The summed E-state index contributed by atoms with van der Waals surface area (Å²) in [5, 5.41) is 6.27. The molecule has 0 aromatic heterocycles. The molecule has 0 saturated carbocycles. The van der Waals surface area contributed by atoms with Gasteiger partial charge in [0, 0.05) is 18.1 Å². The molecule has 0 fully saturated rings. The zero-order valence-corrected chi connectivity index (χ0v) is 23.1. The Morgan fingerprint density at radius 3 is 2.33 bits per heavy atom. The van der Waals surface area contributed by atoms with Gasteiger partial charge in [0.05, 0.1) is 10.0 Å². The lowest BCUT2D eigenvalue weighted by atomic mass is 10.0. The van der Waals surface area contributed by atoms with E-state index in [1.54, 1.807) is 24.3 Å². The van der Waals surface area contributed by atoms with Gasteiger partial charge in [0.2, 0.25) is 15.9 Å². The standard InChI is InChI=1S/C24H30Cl3N3O5S/c1-16(2)13-20(30-23(31)15-35-21-8-4-3-7-18(21)26)24(32)28-11-5-6-12-29-36(33,34)22-10-9-17(25)14-19(22)27/h3-4,7-10,14,16,20,29H,5-6,11-13,15H2,1-2H3,(H,28,32)(H,30,31)/t20-/m0/s1. The van der Waals surface area contributed by atoms with Crippen LogP contribution in [0.15, 0.2) is 47.4 Å². The molecule has 1 atom stereocenters. The summed E-state index contributed by atoms with van der Waals surface area (Å²) in [6.07, 6.45) is 1.46. The lowest BCUT2D eigenvalue weighted by Crippen LogP contribution is -2.48. The summed E-state index contributed by atoms with van der Waals surface area (Å²) in [4.78, 5) is 25.0. The first-order valence-electron chi connectivity index (χ1n) is 11.4. The first-order chi connectivity index (χ1) is 17.0. The molecular weight excluding hydrogens is 549 g/mol. The Balaban J connectivity index is 1.76. The molecular formula is C24H30Cl3N3O5S. The summed E-state index contributed by atoms with van der Waals surface area (Å²) >= 11 is 17.8. The smallest absolute Gasteiger partial charge is 0.258 e. The van der Waals surface area contributed by atoms with Crippen LogP contribution < -0.4 is 20.1 Å². The highest BCUT2D eigenvalue weighted by atomic mass is 35.5. The number of para-hydroxylation sites is 1. The van der Waals surface area contributed by atoms with Crippen LogP contribution in [0.4, 0.5) is 0 Å². The summed E-state index contributed by atoms with van der Waals surface area (Å²) < 4.78 is 32.7. The topological polar surface area (TPSA) is 114 Å². The molecule has 0 radical (unpaired) electrons. The van der Waals surface area contributed by atoms with Gasteiger partial charge >= 0.3 is 0 Å². The van der Waals surface area contributed by atoms with E-state index in [9.17, 15) is 18.0 Å². The molecule has 0 bridgehead atoms. The second-order valence-electron chi connectivity index (χ2n) is 8.44. The maximum atomic E-state index is 12.7. The van der Waals surface area contributed by atoms with Gasteiger partial charge in [0.25, 0.3) is 5.91 Å². The van der Waals surface area contributed by atoms with Crippen molar-refractivity contribution in [2.24, 2.45) is 5.92 Å². The van der Waals surface area contributed by atoms with E-state index in [4.69, 9.17) is 39.5 Å². The van der Waals surface area contributed by atoms with Crippen molar-refractivity contribution >= 4 is 56.6 Å². The summed E-state index contributed by atoms with van der Waals surface area (Å²) in [7, 11) is -3.78. The number of amides is 2. The van der Waals surface area contributed by atoms with Crippen LogP contribution in [0.2, 0.25) is 15.1 Å². The first-order valence-corrected chi connectivity index (χ1v) is 14.0. The van der Waals surface area contributed by atoms with Crippen molar-refractivity contribution in [3.05, 3.63) is 57.5 Å². The number of sulfonamides is 1. The Kier molecular flexibility index (Phi) is 12.3. The molecule has 2 amide bonds. The molecule has 0 saturated heterocycles. The predicted octanol–water partition coefficient (Wildman–Crippen LogP) is 4.43. The Labute approximate surface area is 227 Å². The van der Waals surface area contributed by atoms with Gasteiger partial charge in [-0.05, 0) is 55.5 Å². The molecule has 198 valence electrons. The number of ether oxygens (including phenoxy) is 1. The SMILES string of the molecule is CC(C)C[C@H](NC(=O)COc1ccccc1Cl)C(=O)NCCCCNS(=O)(=O)c1ccc(Cl)cc1Cl. The van der Waals surface area contributed by atoms with Crippen LogP contribution in [-0.4, -0.2) is 46.0 Å². The van der Waals surface area contributed by atoms with Crippen LogP contribution in [0.3, 0.4) is 0 Å². The van der Waals surface area contributed by atoms with Gasteiger partial charge in [-0.25, -0.2) is 13.1 Å². The summed E-state index contributed by atoms with van der Waals surface area (Å²) in [6.45, 7) is 4.12. The van der Waals surface area contributed by atoms with Crippen LogP contribution in [0.1, 0.15) is 33.1 Å². The second-order valence-corrected chi connectivity index (χ2v) is 11.4. The minimum Gasteiger partial charge on any atom is -0.482 e. The van der Waals surface area contributed by atoms with Crippen molar-refractivity contribution in [1.29, 1.82) is 0 Å². The van der Waals surface area contributed by atoms with Crippen molar-refractivity contribution in [2.45, 2.75) is 44.0 Å². The monoisotopic (exact) mass is 577 g/mol. The van der Waals surface area contributed by atoms with Gasteiger partial charge in [0.1, 0.15) is 16.7 Å². The third-order valence-corrected chi connectivity index (χ3v) is 7.42. The van der Waals surface area contributed by atoms with Crippen molar-refractivity contribution in [2.75, 3.05) is 19.7 Å². The van der Waals surface area contributed by atoms with Crippen LogP contribution >= 0.6 is 34.8 Å². The number of hydrogen-bond donors (Lipinski definition) is 3.